The second-order valence-electron chi connectivity index (χ2n) is 5.05. The maximum absolute atomic E-state index is 11.7. The Bertz CT molecular complexity index is 456. The first kappa shape index (κ1) is 16.0. The molecule has 0 saturated carbocycles. The lowest BCUT2D eigenvalue weighted by Crippen LogP contribution is -2.46. The van der Waals surface area contributed by atoms with E-state index in [0.29, 0.717) is 13.0 Å². The zero-order valence-electron chi connectivity index (χ0n) is 12.1. The van der Waals surface area contributed by atoms with Gasteiger partial charge in [0, 0.05) is 24.8 Å². The second kappa shape index (κ2) is 7.52. The Labute approximate surface area is 118 Å². The van der Waals surface area contributed by atoms with Crippen molar-refractivity contribution >= 4 is 12.0 Å². The summed E-state index contributed by atoms with van der Waals surface area (Å²) in [5.74, 6) is -0.827. The highest BCUT2D eigenvalue weighted by Gasteiger charge is 2.20. The van der Waals surface area contributed by atoms with E-state index in [-0.39, 0.29) is 5.92 Å². The summed E-state index contributed by atoms with van der Waals surface area (Å²) in [7, 11) is 0. The summed E-state index contributed by atoms with van der Waals surface area (Å²) in [5, 5.41) is 18.2. The van der Waals surface area contributed by atoms with Gasteiger partial charge in [-0.15, -0.1) is 0 Å². The molecule has 0 aromatic carbocycles. The molecule has 1 rings (SSSR count). The predicted octanol–water partition coefficient (Wildman–Crippen LogP) is 1.20. The Balaban J connectivity index is 2.43. The van der Waals surface area contributed by atoms with Crippen LogP contribution in [0.15, 0.2) is 12.4 Å². The van der Waals surface area contributed by atoms with Crippen LogP contribution in [0.1, 0.15) is 32.8 Å². The first-order valence-electron chi connectivity index (χ1n) is 6.70. The van der Waals surface area contributed by atoms with Crippen molar-refractivity contribution in [3.05, 3.63) is 18.0 Å². The third-order valence-electron chi connectivity index (χ3n) is 2.77. The van der Waals surface area contributed by atoms with Gasteiger partial charge in [-0.25, -0.2) is 9.59 Å². The number of carboxylic acids is 1. The summed E-state index contributed by atoms with van der Waals surface area (Å²) < 4.78 is 1.76. The van der Waals surface area contributed by atoms with Crippen LogP contribution < -0.4 is 10.6 Å². The molecule has 0 radical (unpaired) electrons. The van der Waals surface area contributed by atoms with E-state index in [1.54, 1.807) is 10.9 Å². The molecule has 0 aliphatic carbocycles. The summed E-state index contributed by atoms with van der Waals surface area (Å²) in [6.45, 7) is 6.88. The molecule has 7 nitrogen and oxygen atoms in total. The Hall–Kier alpha value is -2.05. The number of aromatic nitrogens is 2. The van der Waals surface area contributed by atoms with Gasteiger partial charge in [0.25, 0.3) is 0 Å². The maximum atomic E-state index is 11.7. The number of carbonyl (C=O) groups is 2. The lowest BCUT2D eigenvalue weighted by atomic mass is 10.0. The fourth-order valence-corrected chi connectivity index (χ4v) is 1.76. The van der Waals surface area contributed by atoms with Crippen molar-refractivity contribution in [1.82, 2.24) is 20.4 Å². The number of urea groups is 1. The third-order valence-corrected chi connectivity index (χ3v) is 2.77. The number of nitrogens with zero attached hydrogens (tertiary/aromatic N) is 2. The van der Waals surface area contributed by atoms with Crippen LogP contribution in [0.2, 0.25) is 0 Å². The van der Waals surface area contributed by atoms with Gasteiger partial charge in [0.1, 0.15) is 6.04 Å². The zero-order chi connectivity index (χ0) is 15.1. The van der Waals surface area contributed by atoms with Gasteiger partial charge >= 0.3 is 12.0 Å². The molecule has 1 atom stereocenters. The van der Waals surface area contributed by atoms with Crippen molar-refractivity contribution in [2.45, 2.75) is 46.3 Å². The summed E-state index contributed by atoms with van der Waals surface area (Å²) in [5.41, 5.74) is 0.873. The van der Waals surface area contributed by atoms with Gasteiger partial charge in [-0.1, -0.05) is 13.8 Å². The Morgan fingerprint density at radius 1 is 1.45 bits per heavy atom. The molecule has 112 valence electrons. The first-order valence-corrected chi connectivity index (χ1v) is 6.70. The van der Waals surface area contributed by atoms with Crippen LogP contribution in [0.5, 0.6) is 0 Å². The molecular weight excluding hydrogens is 260 g/mol. The first-order chi connectivity index (χ1) is 9.42. The highest BCUT2D eigenvalue weighted by atomic mass is 16.4. The van der Waals surface area contributed by atoms with Crippen molar-refractivity contribution in [3.8, 4) is 0 Å². The van der Waals surface area contributed by atoms with Gasteiger partial charge in [-0.2, -0.15) is 5.10 Å². The van der Waals surface area contributed by atoms with Crippen molar-refractivity contribution in [2.24, 2.45) is 5.92 Å². The average molecular weight is 282 g/mol. The number of aryl methyl sites for hydroxylation is 1. The molecule has 0 fully saturated rings. The SMILES string of the molecule is CCn1cc(CNC(=O)NC(CC(C)C)C(=O)O)cn1. The molecule has 1 unspecified atom stereocenters. The lowest BCUT2D eigenvalue weighted by molar-refractivity contribution is -0.139. The Kier molecular flexibility index (Phi) is 6.02. The van der Waals surface area contributed by atoms with Crippen LogP contribution in [0.25, 0.3) is 0 Å². The minimum Gasteiger partial charge on any atom is -0.480 e. The van der Waals surface area contributed by atoms with Gasteiger partial charge in [-0.3, -0.25) is 4.68 Å². The van der Waals surface area contributed by atoms with Crippen LogP contribution in [0.3, 0.4) is 0 Å². The standard InChI is InChI=1S/C13H22N4O3/c1-4-17-8-10(7-15-17)6-14-13(20)16-11(12(18)19)5-9(2)3/h7-9,11H,4-6H2,1-3H3,(H,18,19)(H2,14,16,20). The summed E-state index contributed by atoms with van der Waals surface area (Å²) in [6.07, 6.45) is 3.91. The largest absolute Gasteiger partial charge is 0.480 e. The number of carboxylic acid groups (broad SMARTS) is 1. The molecule has 7 heteroatoms. The molecule has 0 aliphatic heterocycles. The molecule has 1 aromatic heterocycles. The number of hydrogen-bond acceptors (Lipinski definition) is 3. The normalized spacial score (nSPS) is 12.2. The molecule has 20 heavy (non-hydrogen) atoms. The van der Waals surface area contributed by atoms with Crippen molar-refractivity contribution < 1.29 is 14.7 Å². The fraction of sp³-hybridized carbons (Fsp3) is 0.615. The minimum atomic E-state index is -1.02. The number of nitrogens with one attached hydrogen (secondary N) is 2. The van der Waals surface area contributed by atoms with Crippen LogP contribution in [0.4, 0.5) is 4.79 Å². The van der Waals surface area contributed by atoms with E-state index in [4.69, 9.17) is 5.11 Å². The van der Waals surface area contributed by atoms with E-state index >= 15 is 0 Å². The van der Waals surface area contributed by atoms with Gasteiger partial charge in [-0.05, 0) is 19.3 Å². The number of aliphatic carboxylic acids is 1. The van der Waals surface area contributed by atoms with Gasteiger partial charge < -0.3 is 15.7 Å². The quantitative estimate of drug-likeness (QED) is 0.700. The van der Waals surface area contributed by atoms with E-state index in [1.165, 1.54) is 0 Å². The van der Waals surface area contributed by atoms with E-state index in [0.717, 1.165) is 12.1 Å². The van der Waals surface area contributed by atoms with E-state index in [1.807, 2.05) is 27.0 Å². The van der Waals surface area contributed by atoms with Crippen molar-refractivity contribution in [1.29, 1.82) is 0 Å². The molecule has 1 heterocycles. The number of rotatable bonds is 7. The number of amides is 2. The predicted molar refractivity (Wildman–Crippen MR) is 74.2 cm³/mol. The summed E-state index contributed by atoms with van der Waals surface area (Å²) in [6, 6.07) is -1.35. The topological polar surface area (TPSA) is 96.2 Å². The highest BCUT2D eigenvalue weighted by molar-refractivity contribution is 5.82. The highest BCUT2D eigenvalue weighted by Crippen LogP contribution is 2.05. The van der Waals surface area contributed by atoms with Crippen molar-refractivity contribution in [2.75, 3.05) is 0 Å². The van der Waals surface area contributed by atoms with Gasteiger partial charge in [0.05, 0.1) is 6.20 Å². The summed E-state index contributed by atoms with van der Waals surface area (Å²) >= 11 is 0. The monoisotopic (exact) mass is 282 g/mol. The van der Waals surface area contributed by atoms with Crippen molar-refractivity contribution in [3.63, 3.8) is 0 Å². The molecule has 2 amide bonds. The smallest absolute Gasteiger partial charge is 0.326 e. The van der Waals surface area contributed by atoms with E-state index < -0.39 is 18.0 Å². The molecule has 0 spiro atoms. The van der Waals surface area contributed by atoms with Crippen LogP contribution >= 0.6 is 0 Å². The van der Waals surface area contributed by atoms with Gasteiger partial charge in [0.2, 0.25) is 0 Å². The molecular formula is C13H22N4O3. The molecule has 0 bridgehead atoms. The van der Waals surface area contributed by atoms with Crippen LogP contribution in [-0.4, -0.2) is 32.9 Å². The zero-order valence-corrected chi connectivity index (χ0v) is 12.1. The van der Waals surface area contributed by atoms with Gasteiger partial charge in [0.15, 0.2) is 0 Å². The van der Waals surface area contributed by atoms with Crippen LogP contribution in [-0.2, 0) is 17.9 Å². The van der Waals surface area contributed by atoms with E-state index in [9.17, 15) is 9.59 Å². The third kappa shape index (κ3) is 5.29. The molecule has 0 aliphatic rings. The fourth-order valence-electron chi connectivity index (χ4n) is 1.76. The van der Waals surface area contributed by atoms with E-state index in [2.05, 4.69) is 15.7 Å². The average Bonchev–Trinajstić information content (AvgIpc) is 2.83. The number of carbonyl (C=O) groups excluding carboxylic acids is 1. The molecule has 1 aromatic rings. The second-order valence-corrected chi connectivity index (χ2v) is 5.05. The lowest BCUT2D eigenvalue weighted by Gasteiger charge is -2.16. The van der Waals surface area contributed by atoms with Crippen LogP contribution in [0, 0.1) is 5.92 Å². The minimum absolute atomic E-state index is 0.194. The Morgan fingerprint density at radius 2 is 2.15 bits per heavy atom. The molecule has 3 N–H and O–H groups in total. The molecule has 0 saturated heterocycles. The maximum Gasteiger partial charge on any atom is 0.326 e. The number of hydrogen-bond donors (Lipinski definition) is 3. The summed E-state index contributed by atoms with van der Waals surface area (Å²) in [4.78, 5) is 22.7. The Morgan fingerprint density at radius 3 is 2.65 bits per heavy atom.